The molecule has 4 nitrogen and oxygen atoms in total. The van der Waals surface area contributed by atoms with Gasteiger partial charge in [-0.3, -0.25) is 4.79 Å². The van der Waals surface area contributed by atoms with Crippen molar-refractivity contribution in [1.82, 2.24) is 5.43 Å². The largest absolute Gasteiger partial charge is 0.495 e. The van der Waals surface area contributed by atoms with Crippen LogP contribution in [0.4, 0.5) is 0 Å². The molecule has 0 radical (unpaired) electrons. The van der Waals surface area contributed by atoms with Crippen molar-refractivity contribution in [2.24, 2.45) is 5.10 Å². The van der Waals surface area contributed by atoms with E-state index >= 15 is 0 Å². The molecule has 0 fully saturated rings. The summed E-state index contributed by atoms with van der Waals surface area (Å²) < 4.78 is 6.98. The van der Waals surface area contributed by atoms with E-state index in [-0.39, 0.29) is 5.91 Å². The van der Waals surface area contributed by atoms with Crippen molar-refractivity contribution < 1.29 is 9.53 Å². The number of hydrogen-bond donors (Lipinski definition) is 1. The molecule has 1 amide bonds. The van der Waals surface area contributed by atoms with Crippen LogP contribution in [0.2, 0.25) is 0 Å². The van der Waals surface area contributed by atoms with Crippen LogP contribution in [0, 0.1) is 0 Å². The van der Waals surface area contributed by atoms with Crippen LogP contribution in [0.25, 0.3) is 0 Å². The summed E-state index contributed by atoms with van der Waals surface area (Å²) in [5, 5.41) is 3.96. The summed E-state index contributed by atoms with van der Waals surface area (Å²) in [5.41, 5.74) is 3.78. The lowest BCUT2D eigenvalue weighted by atomic mass is 10.2. The summed E-state index contributed by atoms with van der Waals surface area (Å²) in [5.74, 6) is 0.385. The fourth-order valence-corrected chi connectivity index (χ4v) is 3.13. The molecule has 0 heterocycles. The van der Waals surface area contributed by atoms with E-state index in [1.807, 2.05) is 18.2 Å². The Morgan fingerprint density at radius 2 is 1.95 bits per heavy atom. The molecule has 0 saturated heterocycles. The molecule has 0 aliphatic heterocycles. The number of methoxy groups -OCH3 is 1. The van der Waals surface area contributed by atoms with Crippen LogP contribution in [-0.2, 0) is 0 Å². The van der Waals surface area contributed by atoms with Gasteiger partial charge >= 0.3 is 0 Å². The molecular weight excluding hydrogens is 400 g/mol. The van der Waals surface area contributed by atoms with Crippen LogP contribution in [-0.4, -0.2) is 19.2 Å². The number of ether oxygens (including phenoxy) is 1. The molecule has 6 heteroatoms. The standard InChI is InChI=1S/C15H12Br2N2O2/c1-21-14-11(7-12(16)8-13(14)17)9-18-19-15(20)10-5-3-2-4-6-10/h2-9H,1H3,(H,19,20)/b18-9-. The minimum Gasteiger partial charge on any atom is -0.495 e. The predicted molar refractivity (Wildman–Crippen MR) is 89.9 cm³/mol. The summed E-state index contributed by atoms with van der Waals surface area (Å²) in [6, 6.07) is 12.6. The van der Waals surface area contributed by atoms with Crippen molar-refractivity contribution in [2.75, 3.05) is 7.11 Å². The fourth-order valence-electron chi connectivity index (χ4n) is 1.71. The van der Waals surface area contributed by atoms with E-state index in [2.05, 4.69) is 42.4 Å². The molecule has 0 atom stereocenters. The van der Waals surface area contributed by atoms with Gasteiger partial charge in [-0.25, -0.2) is 5.43 Å². The van der Waals surface area contributed by atoms with Gasteiger partial charge in [-0.1, -0.05) is 34.1 Å². The predicted octanol–water partition coefficient (Wildman–Crippen LogP) is 3.98. The van der Waals surface area contributed by atoms with Crippen molar-refractivity contribution in [3.63, 3.8) is 0 Å². The number of nitrogens with one attached hydrogen (secondary N) is 1. The molecular formula is C15H12Br2N2O2. The molecule has 1 N–H and O–H groups in total. The number of amides is 1. The Hall–Kier alpha value is -1.66. The van der Waals surface area contributed by atoms with Crippen molar-refractivity contribution in [1.29, 1.82) is 0 Å². The second kappa shape index (κ2) is 7.38. The lowest BCUT2D eigenvalue weighted by Crippen LogP contribution is -2.17. The van der Waals surface area contributed by atoms with E-state index in [1.54, 1.807) is 31.4 Å². The van der Waals surface area contributed by atoms with Crippen molar-refractivity contribution >= 4 is 44.0 Å². The average molecular weight is 412 g/mol. The monoisotopic (exact) mass is 410 g/mol. The molecule has 0 aliphatic rings. The van der Waals surface area contributed by atoms with Gasteiger partial charge in [0.05, 0.1) is 17.8 Å². The van der Waals surface area contributed by atoms with Crippen LogP contribution in [0.15, 0.2) is 56.5 Å². The van der Waals surface area contributed by atoms with Gasteiger partial charge in [0.1, 0.15) is 5.75 Å². The first-order chi connectivity index (χ1) is 10.1. The van der Waals surface area contributed by atoms with Gasteiger partial charge in [0.2, 0.25) is 0 Å². The van der Waals surface area contributed by atoms with Gasteiger partial charge in [0.15, 0.2) is 0 Å². The Bertz CT molecular complexity index is 673. The molecule has 2 aromatic rings. The first-order valence-electron chi connectivity index (χ1n) is 6.03. The van der Waals surface area contributed by atoms with E-state index in [4.69, 9.17) is 4.74 Å². The van der Waals surface area contributed by atoms with Crippen LogP contribution in [0.5, 0.6) is 5.75 Å². The Morgan fingerprint density at radius 3 is 2.62 bits per heavy atom. The third-order valence-corrected chi connectivity index (χ3v) is 3.69. The Morgan fingerprint density at radius 1 is 1.24 bits per heavy atom. The SMILES string of the molecule is COc1c(Br)cc(Br)cc1/C=N\NC(=O)c1ccccc1. The van der Waals surface area contributed by atoms with Crippen LogP contribution >= 0.6 is 31.9 Å². The number of hydrogen-bond acceptors (Lipinski definition) is 3. The quantitative estimate of drug-likeness (QED) is 0.610. The molecule has 108 valence electrons. The lowest BCUT2D eigenvalue weighted by molar-refractivity contribution is 0.0955. The normalized spacial score (nSPS) is 10.6. The molecule has 0 spiro atoms. The fraction of sp³-hybridized carbons (Fsp3) is 0.0667. The maximum atomic E-state index is 11.8. The number of carbonyl (C=O) groups excluding carboxylic acids is 1. The summed E-state index contributed by atoms with van der Waals surface area (Å²) in [6.45, 7) is 0. The zero-order chi connectivity index (χ0) is 15.2. The topological polar surface area (TPSA) is 50.7 Å². The summed E-state index contributed by atoms with van der Waals surface area (Å²) in [6.07, 6.45) is 1.54. The highest BCUT2D eigenvalue weighted by molar-refractivity contribution is 9.11. The van der Waals surface area contributed by atoms with Crippen molar-refractivity contribution in [3.05, 3.63) is 62.5 Å². The molecule has 0 saturated carbocycles. The molecule has 0 bridgehead atoms. The number of carbonyl (C=O) groups is 1. The second-order valence-electron chi connectivity index (χ2n) is 4.08. The molecule has 0 unspecified atom stereocenters. The number of nitrogens with zero attached hydrogens (tertiary/aromatic N) is 1. The molecule has 2 rings (SSSR count). The van der Waals surface area contributed by atoms with E-state index in [1.165, 1.54) is 6.21 Å². The Labute approximate surface area is 139 Å². The smallest absolute Gasteiger partial charge is 0.271 e. The second-order valence-corrected chi connectivity index (χ2v) is 5.85. The number of benzene rings is 2. The Kier molecular flexibility index (Phi) is 5.52. The van der Waals surface area contributed by atoms with E-state index in [0.717, 1.165) is 14.5 Å². The minimum atomic E-state index is -0.264. The Balaban J connectivity index is 2.13. The zero-order valence-corrected chi connectivity index (χ0v) is 14.3. The third-order valence-electron chi connectivity index (χ3n) is 2.65. The average Bonchev–Trinajstić information content (AvgIpc) is 2.47. The minimum absolute atomic E-state index is 0.264. The maximum absolute atomic E-state index is 11.8. The third kappa shape index (κ3) is 4.15. The lowest BCUT2D eigenvalue weighted by Gasteiger charge is -2.07. The van der Waals surface area contributed by atoms with Gasteiger partial charge < -0.3 is 4.74 Å². The summed E-state index contributed by atoms with van der Waals surface area (Å²) >= 11 is 6.81. The zero-order valence-electron chi connectivity index (χ0n) is 11.1. The maximum Gasteiger partial charge on any atom is 0.271 e. The summed E-state index contributed by atoms with van der Waals surface area (Å²) in [7, 11) is 1.58. The van der Waals surface area contributed by atoms with Crippen molar-refractivity contribution in [3.8, 4) is 5.75 Å². The molecule has 21 heavy (non-hydrogen) atoms. The highest BCUT2D eigenvalue weighted by atomic mass is 79.9. The summed E-state index contributed by atoms with van der Waals surface area (Å²) in [4.78, 5) is 11.8. The van der Waals surface area contributed by atoms with Crippen LogP contribution in [0.3, 0.4) is 0 Å². The van der Waals surface area contributed by atoms with E-state index < -0.39 is 0 Å². The highest BCUT2D eigenvalue weighted by Gasteiger charge is 2.08. The van der Waals surface area contributed by atoms with Gasteiger partial charge in [-0.15, -0.1) is 0 Å². The van der Waals surface area contributed by atoms with Gasteiger partial charge in [0, 0.05) is 15.6 Å². The van der Waals surface area contributed by atoms with Crippen LogP contribution in [0.1, 0.15) is 15.9 Å². The number of hydrazone groups is 1. The van der Waals surface area contributed by atoms with E-state index in [9.17, 15) is 4.79 Å². The van der Waals surface area contributed by atoms with Gasteiger partial charge in [0.25, 0.3) is 5.91 Å². The van der Waals surface area contributed by atoms with Gasteiger partial charge in [-0.05, 0) is 40.2 Å². The number of rotatable bonds is 4. The molecule has 2 aromatic carbocycles. The van der Waals surface area contributed by atoms with Gasteiger partial charge in [-0.2, -0.15) is 5.10 Å². The molecule has 0 aromatic heterocycles. The van der Waals surface area contributed by atoms with Crippen molar-refractivity contribution in [2.45, 2.75) is 0 Å². The number of halogens is 2. The van der Waals surface area contributed by atoms with E-state index in [0.29, 0.717) is 11.3 Å². The van der Waals surface area contributed by atoms with Crippen LogP contribution < -0.4 is 10.2 Å². The first kappa shape index (κ1) is 15.7. The molecule has 0 aliphatic carbocycles. The highest BCUT2D eigenvalue weighted by Crippen LogP contribution is 2.31. The first-order valence-corrected chi connectivity index (χ1v) is 7.62.